The van der Waals surface area contributed by atoms with E-state index in [1.54, 1.807) is 32.2 Å². The molecule has 0 aliphatic heterocycles. The highest BCUT2D eigenvalue weighted by Crippen LogP contribution is 2.19. The number of thioether (sulfide) groups is 1. The summed E-state index contributed by atoms with van der Waals surface area (Å²) < 4.78 is 0. The third-order valence-corrected chi connectivity index (χ3v) is 3.10. The van der Waals surface area contributed by atoms with E-state index in [0.717, 1.165) is 0 Å². The second-order valence-electron chi connectivity index (χ2n) is 3.98. The zero-order chi connectivity index (χ0) is 13.7. The van der Waals surface area contributed by atoms with E-state index in [2.05, 4.69) is 4.98 Å². The van der Waals surface area contributed by atoms with E-state index >= 15 is 0 Å². The predicted octanol–water partition coefficient (Wildman–Crippen LogP) is 1.74. The molecule has 0 aliphatic carbocycles. The molecule has 0 saturated heterocycles. The fourth-order valence-electron chi connectivity index (χ4n) is 1.51. The highest BCUT2D eigenvalue weighted by Gasteiger charge is 2.23. The third-order valence-electron chi connectivity index (χ3n) is 2.38. The Morgan fingerprint density at radius 2 is 2.17 bits per heavy atom. The van der Waals surface area contributed by atoms with Gasteiger partial charge in [-0.05, 0) is 32.2 Å². The van der Waals surface area contributed by atoms with Crippen molar-refractivity contribution in [3.05, 3.63) is 23.9 Å². The Morgan fingerprint density at radius 1 is 1.50 bits per heavy atom. The van der Waals surface area contributed by atoms with Gasteiger partial charge in [-0.3, -0.25) is 9.59 Å². The molecule has 0 unspecified atom stereocenters. The normalized spacial score (nSPS) is 10.4. The number of aliphatic carboxylic acids is 1. The number of carbonyl (C=O) groups excluding carboxylic acids is 1. The Morgan fingerprint density at radius 3 is 2.67 bits per heavy atom. The maximum Gasteiger partial charge on any atom is 0.323 e. The van der Waals surface area contributed by atoms with Gasteiger partial charge in [0.05, 0.1) is 5.56 Å². The standard InChI is InChI=1S/C12H16N2O3S/c1-8(2)14(7-10(15)16)12(17)9-5-4-6-13-11(9)18-3/h4-6,8H,7H2,1-3H3,(H,15,16). The average molecular weight is 268 g/mol. The number of carbonyl (C=O) groups is 2. The second-order valence-corrected chi connectivity index (χ2v) is 4.78. The summed E-state index contributed by atoms with van der Waals surface area (Å²) in [5, 5.41) is 9.45. The molecule has 6 heteroatoms. The van der Waals surface area contributed by atoms with E-state index in [1.165, 1.54) is 16.7 Å². The van der Waals surface area contributed by atoms with Crippen LogP contribution >= 0.6 is 11.8 Å². The number of hydrogen-bond acceptors (Lipinski definition) is 4. The molecule has 0 aliphatic rings. The SMILES string of the molecule is CSc1ncccc1C(=O)N(CC(=O)O)C(C)C. The molecule has 0 aromatic carbocycles. The molecule has 1 rings (SSSR count). The fourth-order valence-corrected chi connectivity index (χ4v) is 2.05. The minimum absolute atomic E-state index is 0.177. The van der Waals surface area contributed by atoms with Crippen molar-refractivity contribution in [1.29, 1.82) is 0 Å². The average Bonchev–Trinajstić information content (AvgIpc) is 2.34. The molecule has 0 saturated carbocycles. The zero-order valence-electron chi connectivity index (χ0n) is 10.6. The van der Waals surface area contributed by atoms with E-state index < -0.39 is 5.97 Å². The largest absolute Gasteiger partial charge is 0.480 e. The Balaban J connectivity index is 3.05. The van der Waals surface area contributed by atoms with Crippen LogP contribution in [0.4, 0.5) is 0 Å². The van der Waals surface area contributed by atoms with Crippen LogP contribution in [0.15, 0.2) is 23.4 Å². The summed E-state index contributed by atoms with van der Waals surface area (Å²) in [5.74, 6) is -1.32. The van der Waals surface area contributed by atoms with Crippen LogP contribution in [0.2, 0.25) is 0 Å². The van der Waals surface area contributed by atoms with Crippen LogP contribution in [0.3, 0.4) is 0 Å². The van der Waals surface area contributed by atoms with Gasteiger partial charge in [0.1, 0.15) is 11.6 Å². The van der Waals surface area contributed by atoms with E-state index in [1.807, 2.05) is 6.26 Å². The molecule has 5 nitrogen and oxygen atoms in total. The maximum absolute atomic E-state index is 12.3. The molecule has 98 valence electrons. The Hall–Kier alpha value is -1.56. The summed E-state index contributed by atoms with van der Waals surface area (Å²) in [5.41, 5.74) is 0.444. The van der Waals surface area contributed by atoms with Crippen molar-refractivity contribution in [2.24, 2.45) is 0 Å². The van der Waals surface area contributed by atoms with Gasteiger partial charge in [-0.2, -0.15) is 0 Å². The number of pyridine rings is 1. The molecular formula is C12H16N2O3S. The third kappa shape index (κ3) is 3.46. The molecule has 1 N–H and O–H groups in total. The molecule has 1 aromatic heterocycles. The van der Waals surface area contributed by atoms with Crippen molar-refractivity contribution in [2.75, 3.05) is 12.8 Å². The van der Waals surface area contributed by atoms with Crippen molar-refractivity contribution < 1.29 is 14.7 Å². The fraction of sp³-hybridized carbons (Fsp3) is 0.417. The number of aromatic nitrogens is 1. The number of hydrogen-bond donors (Lipinski definition) is 1. The van der Waals surface area contributed by atoms with Crippen molar-refractivity contribution in [1.82, 2.24) is 9.88 Å². The first kappa shape index (κ1) is 14.5. The van der Waals surface area contributed by atoms with Gasteiger partial charge in [-0.1, -0.05) is 0 Å². The number of nitrogens with zero attached hydrogens (tertiary/aromatic N) is 2. The number of rotatable bonds is 5. The second kappa shape index (κ2) is 6.39. The number of carboxylic acid groups (broad SMARTS) is 1. The lowest BCUT2D eigenvalue weighted by Crippen LogP contribution is -2.40. The topological polar surface area (TPSA) is 70.5 Å². The first-order valence-corrected chi connectivity index (χ1v) is 6.71. The van der Waals surface area contributed by atoms with Crippen molar-refractivity contribution in [2.45, 2.75) is 24.9 Å². The highest BCUT2D eigenvalue weighted by molar-refractivity contribution is 7.98. The number of amides is 1. The Bertz CT molecular complexity index is 449. The van der Waals surface area contributed by atoms with Crippen LogP contribution in [0.1, 0.15) is 24.2 Å². The van der Waals surface area contributed by atoms with Gasteiger partial charge in [0, 0.05) is 12.2 Å². The van der Waals surface area contributed by atoms with Crippen molar-refractivity contribution in [3.63, 3.8) is 0 Å². The van der Waals surface area contributed by atoms with Gasteiger partial charge in [0.15, 0.2) is 0 Å². The molecule has 0 radical (unpaired) electrons. The van der Waals surface area contributed by atoms with E-state index in [-0.39, 0.29) is 18.5 Å². The smallest absolute Gasteiger partial charge is 0.323 e. The van der Waals surface area contributed by atoms with E-state index in [4.69, 9.17) is 5.11 Å². The quantitative estimate of drug-likeness (QED) is 0.824. The summed E-state index contributed by atoms with van der Waals surface area (Å²) in [6.07, 6.45) is 3.44. The van der Waals surface area contributed by atoms with Crippen LogP contribution in [0.25, 0.3) is 0 Å². The van der Waals surface area contributed by atoms with Gasteiger partial charge in [-0.15, -0.1) is 11.8 Å². The Labute approximate surface area is 110 Å². The molecule has 1 heterocycles. The predicted molar refractivity (Wildman–Crippen MR) is 69.8 cm³/mol. The summed E-state index contributed by atoms with van der Waals surface area (Å²) in [6.45, 7) is 3.27. The van der Waals surface area contributed by atoms with Gasteiger partial charge in [0.2, 0.25) is 0 Å². The van der Waals surface area contributed by atoms with Gasteiger partial charge in [-0.25, -0.2) is 4.98 Å². The van der Waals surface area contributed by atoms with Crippen LogP contribution in [0, 0.1) is 0 Å². The van der Waals surface area contributed by atoms with E-state index in [0.29, 0.717) is 10.6 Å². The van der Waals surface area contributed by atoms with Crippen LogP contribution < -0.4 is 0 Å². The highest BCUT2D eigenvalue weighted by atomic mass is 32.2. The summed E-state index contributed by atoms with van der Waals surface area (Å²) >= 11 is 1.37. The zero-order valence-corrected chi connectivity index (χ0v) is 11.4. The molecule has 1 aromatic rings. The maximum atomic E-state index is 12.3. The first-order chi connectivity index (χ1) is 8.47. The minimum atomic E-state index is -1.02. The minimum Gasteiger partial charge on any atom is -0.480 e. The number of carboxylic acids is 1. The first-order valence-electron chi connectivity index (χ1n) is 5.49. The molecule has 0 fully saturated rings. The molecule has 0 bridgehead atoms. The molecule has 0 spiro atoms. The summed E-state index contributed by atoms with van der Waals surface area (Å²) in [4.78, 5) is 28.5. The molecular weight excluding hydrogens is 252 g/mol. The van der Waals surface area contributed by atoms with Crippen LogP contribution in [-0.2, 0) is 4.79 Å². The van der Waals surface area contributed by atoms with Gasteiger partial charge in [0.25, 0.3) is 5.91 Å². The van der Waals surface area contributed by atoms with Crippen LogP contribution in [0.5, 0.6) is 0 Å². The van der Waals surface area contributed by atoms with E-state index in [9.17, 15) is 9.59 Å². The Kier molecular flexibility index (Phi) is 5.15. The molecule has 18 heavy (non-hydrogen) atoms. The van der Waals surface area contributed by atoms with Crippen molar-refractivity contribution in [3.8, 4) is 0 Å². The summed E-state index contributed by atoms with van der Waals surface area (Å²) in [7, 11) is 0. The van der Waals surface area contributed by atoms with Gasteiger partial charge < -0.3 is 10.0 Å². The lowest BCUT2D eigenvalue weighted by atomic mass is 10.2. The lowest BCUT2D eigenvalue weighted by Gasteiger charge is -2.25. The van der Waals surface area contributed by atoms with Crippen LogP contribution in [-0.4, -0.2) is 45.7 Å². The van der Waals surface area contributed by atoms with Gasteiger partial charge >= 0.3 is 5.97 Å². The molecule has 0 atom stereocenters. The lowest BCUT2D eigenvalue weighted by molar-refractivity contribution is -0.138. The van der Waals surface area contributed by atoms with Crippen molar-refractivity contribution >= 4 is 23.6 Å². The molecule has 1 amide bonds. The summed E-state index contributed by atoms with van der Waals surface area (Å²) in [6, 6.07) is 3.16. The monoisotopic (exact) mass is 268 g/mol.